The van der Waals surface area contributed by atoms with Crippen LogP contribution in [0.2, 0.25) is 0 Å². The molecule has 1 fully saturated rings. The summed E-state index contributed by atoms with van der Waals surface area (Å²) in [7, 11) is 0. The summed E-state index contributed by atoms with van der Waals surface area (Å²) in [6, 6.07) is 5.00. The third kappa shape index (κ3) is 4.79. The van der Waals surface area contributed by atoms with Crippen LogP contribution < -0.4 is 5.32 Å². The normalized spacial score (nSPS) is 16.9. The third-order valence-electron chi connectivity index (χ3n) is 4.06. The molecule has 1 saturated heterocycles. The Bertz CT molecular complexity index is 485. The van der Waals surface area contributed by atoms with Crippen LogP contribution in [0.15, 0.2) is 18.2 Å². The molecule has 1 aromatic rings. The fourth-order valence-corrected chi connectivity index (χ4v) is 2.53. The molecular weight excluding hydrogens is 271 g/mol. The van der Waals surface area contributed by atoms with Gasteiger partial charge in [-0.2, -0.15) is 0 Å². The molecule has 5 heteroatoms. The second kappa shape index (κ2) is 7.52. The lowest BCUT2D eigenvalue weighted by molar-refractivity contribution is -0.122. The number of rotatable bonds is 5. The number of likely N-dealkylation sites (tertiary alicyclic amines) is 1. The number of aliphatic hydroxyl groups excluding tert-OH is 1. The van der Waals surface area contributed by atoms with Crippen molar-refractivity contribution < 1.29 is 14.3 Å². The zero-order valence-corrected chi connectivity index (χ0v) is 12.4. The van der Waals surface area contributed by atoms with Crippen molar-refractivity contribution in [2.75, 3.05) is 26.2 Å². The zero-order valence-electron chi connectivity index (χ0n) is 12.4. The first-order valence-electron chi connectivity index (χ1n) is 7.43. The maximum absolute atomic E-state index is 13.4. The Morgan fingerprint density at radius 1 is 1.43 bits per heavy atom. The van der Waals surface area contributed by atoms with Crippen molar-refractivity contribution in [2.24, 2.45) is 5.92 Å². The number of halogens is 1. The van der Waals surface area contributed by atoms with E-state index in [9.17, 15) is 9.18 Å². The topological polar surface area (TPSA) is 52.6 Å². The SMILES string of the molecule is Cc1ccc(CNC(=O)CN2CCC(CO)CC2)cc1F. The molecule has 1 aliphatic heterocycles. The van der Waals surface area contributed by atoms with E-state index in [-0.39, 0.29) is 18.3 Å². The van der Waals surface area contributed by atoms with E-state index in [0.717, 1.165) is 31.5 Å². The van der Waals surface area contributed by atoms with Crippen molar-refractivity contribution in [3.63, 3.8) is 0 Å². The summed E-state index contributed by atoms with van der Waals surface area (Å²) in [5.41, 5.74) is 1.38. The van der Waals surface area contributed by atoms with E-state index in [4.69, 9.17) is 5.11 Å². The second-order valence-electron chi connectivity index (χ2n) is 5.76. The summed E-state index contributed by atoms with van der Waals surface area (Å²) < 4.78 is 13.4. The summed E-state index contributed by atoms with van der Waals surface area (Å²) in [6.07, 6.45) is 1.87. The fraction of sp³-hybridized carbons (Fsp3) is 0.562. The minimum atomic E-state index is -0.243. The number of benzene rings is 1. The molecule has 1 amide bonds. The predicted molar refractivity (Wildman–Crippen MR) is 79.2 cm³/mol. The first kappa shape index (κ1) is 15.9. The van der Waals surface area contributed by atoms with Crippen molar-refractivity contribution >= 4 is 5.91 Å². The smallest absolute Gasteiger partial charge is 0.234 e. The van der Waals surface area contributed by atoms with Gasteiger partial charge in [-0.25, -0.2) is 4.39 Å². The van der Waals surface area contributed by atoms with Crippen LogP contribution in [-0.2, 0) is 11.3 Å². The van der Waals surface area contributed by atoms with E-state index < -0.39 is 0 Å². The van der Waals surface area contributed by atoms with Crippen LogP contribution in [0.1, 0.15) is 24.0 Å². The van der Waals surface area contributed by atoms with E-state index >= 15 is 0 Å². The highest BCUT2D eigenvalue weighted by atomic mass is 19.1. The van der Waals surface area contributed by atoms with Crippen LogP contribution in [0, 0.1) is 18.7 Å². The Hall–Kier alpha value is -1.46. The minimum Gasteiger partial charge on any atom is -0.396 e. The summed E-state index contributed by atoms with van der Waals surface area (Å²) in [5.74, 6) is 0.0890. The van der Waals surface area contributed by atoms with Crippen molar-refractivity contribution in [3.05, 3.63) is 35.1 Å². The molecule has 116 valence electrons. The summed E-state index contributed by atoms with van der Waals surface area (Å²) in [4.78, 5) is 14.0. The molecule has 0 aliphatic carbocycles. The van der Waals surface area contributed by atoms with Gasteiger partial charge in [0.25, 0.3) is 0 Å². The van der Waals surface area contributed by atoms with Gasteiger partial charge in [0.2, 0.25) is 5.91 Å². The largest absolute Gasteiger partial charge is 0.396 e. The number of nitrogens with zero attached hydrogens (tertiary/aromatic N) is 1. The van der Waals surface area contributed by atoms with E-state index in [0.29, 0.717) is 24.6 Å². The van der Waals surface area contributed by atoms with Gasteiger partial charge in [0.1, 0.15) is 5.82 Å². The summed E-state index contributed by atoms with van der Waals surface area (Å²) in [5, 5.41) is 11.9. The van der Waals surface area contributed by atoms with E-state index in [1.165, 1.54) is 6.07 Å². The van der Waals surface area contributed by atoms with Crippen molar-refractivity contribution in [3.8, 4) is 0 Å². The molecule has 0 spiro atoms. The first-order valence-corrected chi connectivity index (χ1v) is 7.43. The average molecular weight is 294 g/mol. The van der Waals surface area contributed by atoms with Crippen LogP contribution in [0.4, 0.5) is 4.39 Å². The maximum Gasteiger partial charge on any atom is 0.234 e. The average Bonchev–Trinajstić information content (AvgIpc) is 2.49. The molecule has 0 bridgehead atoms. The molecule has 2 rings (SSSR count). The lowest BCUT2D eigenvalue weighted by Crippen LogP contribution is -2.41. The summed E-state index contributed by atoms with van der Waals surface area (Å²) >= 11 is 0. The highest BCUT2D eigenvalue weighted by molar-refractivity contribution is 5.78. The van der Waals surface area contributed by atoms with Gasteiger partial charge in [0.05, 0.1) is 6.54 Å². The molecule has 0 unspecified atom stereocenters. The van der Waals surface area contributed by atoms with Crippen molar-refractivity contribution in [1.82, 2.24) is 10.2 Å². The van der Waals surface area contributed by atoms with Crippen molar-refractivity contribution in [2.45, 2.75) is 26.3 Å². The molecular formula is C16H23FN2O2. The van der Waals surface area contributed by atoms with Gasteiger partial charge in [-0.1, -0.05) is 12.1 Å². The molecule has 0 saturated carbocycles. The zero-order chi connectivity index (χ0) is 15.2. The van der Waals surface area contributed by atoms with Gasteiger partial charge in [-0.15, -0.1) is 0 Å². The maximum atomic E-state index is 13.4. The van der Waals surface area contributed by atoms with Gasteiger partial charge >= 0.3 is 0 Å². The molecule has 0 aromatic heterocycles. The Labute approximate surface area is 125 Å². The van der Waals surface area contributed by atoms with E-state index in [1.807, 2.05) is 6.07 Å². The molecule has 1 heterocycles. The summed E-state index contributed by atoms with van der Waals surface area (Å²) in [6.45, 7) is 4.36. The van der Waals surface area contributed by atoms with Gasteiger partial charge in [-0.3, -0.25) is 9.69 Å². The van der Waals surface area contributed by atoms with Crippen LogP contribution in [0.3, 0.4) is 0 Å². The number of aliphatic hydroxyl groups is 1. The second-order valence-corrected chi connectivity index (χ2v) is 5.76. The van der Waals surface area contributed by atoms with Crippen LogP contribution in [0.5, 0.6) is 0 Å². The standard InChI is InChI=1S/C16H23FN2O2/c1-12-2-3-14(8-15(12)17)9-18-16(21)10-19-6-4-13(11-20)5-7-19/h2-3,8,13,20H,4-7,9-11H2,1H3,(H,18,21). The fourth-order valence-electron chi connectivity index (χ4n) is 2.53. The monoisotopic (exact) mass is 294 g/mol. The van der Waals surface area contributed by atoms with Gasteiger partial charge in [0, 0.05) is 13.2 Å². The van der Waals surface area contributed by atoms with Gasteiger partial charge in [0.15, 0.2) is 0 Å². The number of aryl methyl sites for hydroxylation is 1. The Morgan fingerprint density at radius 2 is 2.14 bits per heavy atom. The van der Waals surface area contributed by atoms with E-state index in [2.05, 4.69) is 10.2 Å². The van der Waals surface area contributed by atoms with Crippen LogP contribution in [0.25, 0.3) is 0 Å². The lowest BCUT2D eigenvalue weighted by atomic mass is 9.98. The lowest BCUT2D eigenvalue weighted by Gasteiger charge is -2.30. The number of hydrogen-bond acceptors (Lipinski definition) is 3. The Morgan fingerprint density at radius 3 is 2.76 bits per heavy atom. The number of nitrogens with one attached hydrogen (secondary N) is 1. The van der Waals surface area contributed by atoms with Gasteiger partial charge < -0.3 is 10.4 Å². The molecule has 2 N–H and O–H groups in total. The molecule has 0 radical (unpaired) electrons. The predicted octanol–water partition coefficient (Wildman–Crippen LogP) is 1.45. The number of amides is 1. The van der Waals surface area contributed by atoms with Crippen molar-refractivity contribution in [1.29, 1.82) is 0 Å². The number of hydrogen-bond donors (Lipinski definition) is 2. The molecule has 1 aliphatic rings. The highest BCUT2D eigenvalue weighted by Gasteiger charge is 2.19. The van der Waals surface area contributed by atoms with Gasteiger partial charge in [-0.05, 0) is 56.0 Å². The minimum absolute atomic E-state index is 0.0431. The quantitative estimate of drug-likeness (QED) is 0.864. The van der Waals surface area contributed by atoms with Crippen LogP contribution in [-0.4, -0.2) is 42.2 Å². The molecule has 1 aromatic carbocycles. The Kier molecular flexibility index (Phi) is 5.70. The molecule has 21 heavy (non-hydrogen) atoms. The molecule has 4 nitrogen and oxygen atoms in total. The number of carbonyl (C=O) groups excluding carboxylic acids is 1. The first-order chi connectivity index (χ1) is 10.1. The number of piperidine rings is 1. The van der Waals surface area contributed by atoms with Crippen LogP contribution >= 0.6 is 0 Å². The van der Waals surface area contributed by atoms with E-state index in [1.54, 1.807) is 13.0 Å². The number of carbonyl (C=O) groups is 1. The Balaban J connectivity index is 1.73. The third-order valence-corrected chi connectivity index (χ3v) is 4.06. The highest BCUT2D eigenvalue weighted by Crippen LogP contribution is 2.15. The molecule has 0 atom stereocenters.